The molecule has 2 atom stereocenters. The minimum atomic E-state index is -0.339. The molecule has 2 aromatic rings. The lowest BCUT2D eigenvalue weighted by Gasteiger charge is -2.29. The summed E-state index contributed by atoms with van der Waals surface area (Å²) in [5.41, 5.74) is 3.19. The van der Waals surface area contributed by atoms with Crippen molar-refractivity contribution in [3.05, 3.63) is 41.6 Å². The summed E-state index contributed by atoms with van der Waals surface area (Å²) in [6, 6.07) is 9.83. The fourth-order valence-electron chi connectivity index (χ4n) is 4.37. The second-order valence-corrected chi connectivity index (χ2v) is 8.32. The number of hydrogen-bond acceptors (Lipinski definition) is 4. The average molecular weight is 427 g/mol. The van der Waals surface area contributed by atoms with Crippen LogP contribution in [0.1, 0.15) is 62.0 Å². The molecule has 1 N–H and O–H groups in total. The quantitative estimate of drug-likeness (QED) is 0.620. The lowest BCUT2D eigenvalue weighted by molar-refractivity contribution is -0.122. The van der Waals surface area contributed by atoms with Crippen LogP contribution in [0.2, 0.25) is 0 Å². The smallest absolute Gasteiger partial charge is 0.339 e. The number of rotatable bonds is 8. The van der Waals surface area contributed by atoms with Gasteiger partial charge in [0.15, 0.2) is 0 Å². The zero-order valence-corrected chi connectivity index (χ0v) is 19.1. The highest BCUT2D eigenvalue weighted by Gasteiger charge is 2.24. The highest BCUT2D eigenvalue weighted by molar-refractivity contribution is 5.92. The topological polar surface area (TPSA) is 69.6 Å². The van der Waals surface area contributed by atoms with E-state index in [4.69, 9.17) is 9.47 Å². The summed E-state index contributed by atoms with van der Waals surface area (Å²) < 4.78 is 12.5. The van der Waals surface area contributed by atoms with Gasteiger partial charge in [-0.2, -0.15) is 0 Å². The molecule has 1 aliphatic rings. The lowest BCUT2D eigenvalue weighted by Crippen LogP contribution is -2.41. The minimum Gasteiger partial charge on any atom is -0.497 e. The van der Waals surface area contributed by atoms with Gasteiger partial charge in [0.25, 0.3) is 0 Å². The van der Waals surface area contributed by atoms with Gasteiger partial charge < -0.3 is 19.4 Å². The van der Waals surface area contributed by atoms with Crippen LogP contribution in [0, 0.1) is 12.8 Å². The molecular formula is C25H34N2O4. The van der Waals surface area contributed by atoms with Crippen molar-refractivity contribution in [3.63, 3.8) is 0 Å². The van der Waals surface area contributed by atoms with Gasteiger partial charge in [0.1, 0.15) is 5.75 Å². The molecule has 0 saturated heterocycles. The van der Waals surface area contributed by atoms with Gasteiger partial charge in [0, 0.05) is 30.4 Å². The predicted molar refractivity (Wildman–Crippen MR) is 121 cm³/mol. The Kier molecular flexibility index (Phi) is 7.77. The number of hydrogen-bond donors (Lipinski definition) is 1. The Morgan fingerprint density at radius 1 is 1.16 bits per heavy atom. The van der Waals surface area contributed by atoms with E-state index < -0.39 is 0 Å². The van der Waals surface area contributed by atoms with Gasteiger partial charge in [-0.25, -0.2) is 4.79 Å². The van der Waals surface area contributed by atoms with Gasteiger partial charge in [-0.1, -0.05) is 19.8 Å². The highest BCUT2D eigenvalue weighted by Crippen LogP contribution is 2.29. The molecule has 3 rings (SSSR count). The molecule has 1 aromatic carbocycles. The summed E-state index contributed by atoms with van der Waals surface area (Å²) >= 11 is 0. The number of esters is 1. The zero-order chi connectivity index (χ0) is 22.4. The normalized spacial score (nSPS) is 18.5. The summed E-state index contributed by atoms with van der Waals surface area (Å²) in [6.45, 7) is 6.74. The molecule has 6 nitrogen and oxygen atoms in total. The lowest BCUT2D eigenvalue weighted by atomic mass is 9.86. The standard InChI is InChI=1S/C25H34N2O4/c1-5-31-25(29)21-16-23(19-10-12-20(30-4)13-11-19)27(18(21)3)15-14-24(28)26-22-9-7-6-8-17(22)2/h10-13,16-17,22H,5-9,14-15H2,1-4H3,(H,26,28)/t17-,22+/m1/s1. The Bertz CT molecular complexity index is 901. The van der Waals surface area contributed by atoms with Crippen LogP contribution in [0.15, 0.2) is 30.3 Å². The van der Waals surface area contributed by atoms with Crippen LogP contribution in [0.4, 0.5) is 0 Å². The molecule has 1 amide bonds. The molecule has 1 saturated carbocycles. The maximum Gasteiger partial charge on any atom is 0.339 e. The van der Waals surface area contributed by atoms with Crippen LogP contribution in [-0.4, -0.2) is 36.2 Å². The van der Waals surface area contributed by atoms with Crippen LogP contribution in [0.5, 0.6) is 5.75 Å². The van der Waals surface area contributed by atoms with E-state index in [1.807, 2.05) is 41.8 Å². The van der Waals surface area contributed by atoms with Crippen molar-refractivity contribution >= 4 is 11.9 Å². The fourth-order valence-corrected chi connectivity index (χ4v) is 4.37. The monoisotopic (exact) mass is 426 g/mol. The van der Waals surface area contributed by atoms with Gasteiger partial charge in [-0.05, 0) is 68.5 Å². The Hall–Kier alpha value is -2.76. The highest BCUT2D eigenvalue weighted by atomic mass is 16.5. The van der Waals surface area contributed by atoms with E-state index in [-0.39, 0.29) is 17.9 Å². The third-order valence-electron chi connectivity index (χ3n) is 6.27. The fraction of sp³-hybridized carbons (Fsp3) is 0.520. The van der Waals surface area contributed by atoms with Gasteiger partial charge in [-0.3, -0.25) is 4.79 Å². The number of ether oxygens (including phenoxy) is 2. The van der Waals surface area contributed by atoms with Crippen molar-refractivity contribution in [2.75, 3.05) is 13.7 Å². The molecular weight excluding hydrogens is 392 g/mol. The van der Waals surface area contributed by atoms with E-state index >= 15 is 0 Å². The number of carbonyl (C=O) groups is 2. The maximum absolute atomic E-state index is 12.7. The molecule has 0 radical (unpaired) electrons. The summed E-state index contributed by atoms with van der Waals surface area (Å²) in [5.74, 6) is 1.01. The SMILES string of the molecule is CCOC(=O)c1cc(-c2ccc(OC)cc2)n(CCC(=O)N[C@H]2CCCC[C@H]2C)c1C. The van der Waals surface area contributed by atoms with Crippen LogP contribution < -0.4 is 10.1 Å². The van der Waals surface area contributed by atoms with E-state index in [0.29, 0.717) is 31.1 Å². The van der Waals surface area contributed by atoms with E-state index in [2.05, 4.69) is 12.2 Å². The van der Waals surface area contributed by atoms with Crippen molar-refractivity contribution in [1.82, 2.24) is 9.88 Å². The van der Waals surface area contributed by atoms with Gasteiger partial charge in [0.05, 0.1) is 19.3 Å². The average Bonchev–Trinajstić information content (AvgIpc) is 3.10. The van der Waals surface area contributed by atoms with Gasteiger partial charge in [0.2, 0.25) is 5.91 Å². The van der Waals surface area contributed by atoms with Crippen LogP contribution in [0.3, 0.4) is 0 Å². The second kappa shape index (κ2) is 10.5. The minimum absolute atomic E-state index is 0.0604. The van der Waals surface area contributed by atoms with Crippen LogP contribution in [-0.2, 0) is 16.1 Å². The molecule has 168 valence electrons. The first-order valence-electron chi connectivity index (χ1n) is 11.3. The van der Waals surface area contributed by atoms with Gasteiger partial charge in [-0.15, -0.1) is 0 Å². The molecule has 1 heterocycles. The molecule has 6 heteroatoms. The van der Waals surface area contributed by atoms with Crippen LogP contribution >= 0.6 is 0 Å². The summed E-state index contributed by atoms with van der Waals surface area (Å²) in [6.07, 6.45) is 5.02. The van der Waals surface area contributed by atoms with E-state index in [9.17, 15) is 9.59 Å². The van der Waals surface area contributed by atoms with Crippen molar-refractivity contribution in [2.24, 2.45) is 5.92 Å². The number of amides is 1. The second-order valence-electron chi connectivity index (χ2n) is 8.32. The largest absolute Gasteiger partial charge is 0.497 e. The Labute approximate surface area is 184 Å². The van der Waals surface area contributed by atoms with E-state index in [0.717, 1.165) is 29.1 Å². The first-order chi connectivity index (χ1) is 14.9. The molecule has 0 spiro atoms. The van der Waals surface area contributed by atoms with Gasteiger partial charge >= 0.3 is 5.97 Å². The number of methoxy groups -OCH3 is 1. The predicted octanol–water partition coefficient (Wildman–Crippen LogP) is 4.73. The van der Waals surface area contributed by atoms with E-state index in [1.165, 1.54) is 19.3 Å². The van der Waals surface area contributed by atoms with Crippen LogP contribution in [0.25, 0.3) is 11.3 Å². The number of carbonyl (C=O) groups excluding carboxylic acids is 2. The number of benzene rings is 1. The van der Waals surface area contributed by atoms with Crippen molar-refractivity contribution in [2.45, 2.75) is 65.5 Å². The number of aromatic nitrogens is 1. The summed E-state index contributed by atoms with van der Waals surface area (Å²) in [5, 5.41) is 3.22. The van der Waals surface area contributed by atoms with Crippen molar-refractivity contribution in [1.29, 1.82) is 0 Å². The number of nitrogens with zero attached hydrogens (tertiary/aromatic N) is 1. The molecule has 31 heavy (non-hydrogen) atoms. The molecule has 1 aliphatic carbocycles. The molecule has 0 unspecified atom stereocenters. The Balaban J connectivity index is 1.81. The summed E-state index contributed by atoms with van der Waals surface area (Å²) in [7, 11) is 1.63. The molecule has 0 bridgehead atoms. The third-order valence-corrected chi connectivity index (χ3v) is 6.27. The zero-order valence-electron chi connectivity index (χ0n) is 19.1. The summed E-state index contributed by atoms with van der Waals surface area (Å²) in [4.78, 5) is 25.1. The van der Waals surface area contributed by atoms with E-state index in [1.54, 1.807) is 14.0 Å². The Morgan fingerprint density at radius 3 is 2.52 bits per heavy atom. The maximum atomic E-state index is 12.7. The first-order valence-corrected chi connectivity index (χ1v) is 11.3. The molecule has 0 aliphatic heterocycles. The third kappa shape index (κ3) is 5.49. The first kappa shape index (κ1) is 22.9. The molecule has 1 aromatic heterocycles. The van der Waals surface area contributed by atoms with Crippen molar-refractivity contribution in [3.8, 4) is 17.0 Å². The number of nitrogens with one attached hydrogen (secondary N) is 1. The molecule has 1 fully saturated rings. The Morgan fingerprint density at radius 2 is 1.87 bits per heavy atom. The van der Waals surface area contributed by atoms with Crippen molar-refractivity contribution < 1.29 is 19.1 Å².